The van der Waals surface area contributed by atoms with E-state index in [1.54, 1.807) is 14.2 Å². The van der Waals surface area contributed by atoms with E-state index in [9.17, 15) is 0 Å². The first kappa shape index (κ1) is 28.3. The Kier molecular flexibility index (Phi) is 8.20. The zero-order valence-electron chi connectivity index (χ0n) is 23.7. The minimum Gasteiger partial charge on any atom is -0.497 e. The van der Waals surface area contributed by atoms with Crippen molar-refractivity contribution in [3.05, 3.63) is 82.8 Å². The molecule has 0 aliphatic carbocycles. The number of rotatable bonds is 10. The Morgan fingerprint density at radius 3 is 1.57 bits per heavy atom. The molecule has 0 aliphatic heterocycles. The van der Waals surface area contributed by atoms with Crippen molar-refractivity contribution in [2.75, 3.05) is 32.2 Å². The second kappa shape index (κ2) is 12.2. The fraction of sp³-hybridized carbons (Fsp3) is 0.235. The van der Waals surface area contributed by atoms with E-state index >= 15 is 0 Å². The number of hydrogen-bond acceptors (Lipinski definition) is 6. The van der Waals surface area contributed by atoms with Crippen LogP contribution in [0, 0.1) is 0 Å². The van der Waals surface area contributed by atoms with Gasteiger partial charge in [-0.2, -0.15) is 0 Å². The third-order valence-corrected chi connectivity index (χ3v) is 8.18. The summed E-state index contributed by atoms with van der Waals surface area (Å²) in [5.74, 6) is 1.53. The highest BCUT2D eigenvalue weighted by molar-refractivity contribution is 6.32. The summed E-state index contributed by atoms with van der Waals surface area (Å²) in [7, 11) is 3.37. The molecule has 0 fully saturated rings. The number of nitrogens with zero attached hydrogens (tertiary/aromatic N) is 3. The molecule has 0 amide bonds. The van der Waals surface area contributed by atoms with E-state index in [1.807, 2.05) is 48.5 Å². The summed E-state index contributed by atoms with van der Waals surface area (Å²) in [5, 5.41) is 5.25. The van der Waals surface area contributed by atoms with Crippen molar-refractivity contribution in [2.24, 2.45) is 5.73 Å². The number of unbranched alkanes of at least 4 members (excludes halogenated alkanes) is 3. The fourth-order valence-electron chi connectivity index (χ4n) is 5.69. The van der Waals surface area contributed by atoms with Gasteiger partial charge in [0.25, 0.3) is 0 Å². The lowest BCUT2D eigenvalue weighted by molar-refractivity contribution is 0.415. The smallest absolute Gasteiger partial charge is 0.119 e. The summed E-state index contributed by atoms with van der Waals surface area (Å²) in [4.78, 5) is 12.4. The lowest BCUT2D eigenvalue weighted by atomic mass is 10.0. The minimum atomic E-state index is 0.640. The number of methoxy groups -OCH3 is 2. The van der Waals surface area contributed by atoms with Gasteiger partial charge in [0.05, 0.1) is 47.7 Å². The molecule has 6 nitrogen and oxygen atoms in total. The van der Waals surface area contributed by atoms with E-state index in [4.69, 9.17) is 48.4 Å². The van der Waals surface area contributed by atoms with Crippen molar-refractivity contribution in [1.29, 1.82) is 0 Å². The molecule has 6 rings (SSSR count). The molecular weight excluding hydrogens is 567 g/mol. The molecule has 8 heteroatoms. The molecule has 0 atom stereocenters. The van der Waals surface area contributed by atoms with Gasteiger partial charge < -0.3 is 20.1 Å². The first-order valence-corrected chi connectivity index (χ1v) is 14.9. The lowest BCUT2D eigenvalue weighted by Crippen LogP contribution is -2.20. The molecule has 4 aromatic carbocycles. The molecule has 0 bridgehead atoms. The first-order valence-electron chi connectivity index (χ1n) is 14.1. The van der Waals surface area contributed by atoms with Gasteiger partial charge in [0.15, 0.2) is 0 Å². The van der Waals surface area contributed by atoms with Gasteiger partial charge in [0.1, 0.15) is 11.5 Å². The predicted octanol–water partition coefficient (Wildman–Crippen LogP) is 9.07. The van der Waals surface area contributed by atoms with Gasteiger partial charge in [-0.25, -0.2) is 9.97 Å². The number of benzene rings is 4. The molecule has 2 aromatic heterocycles. The molecule has 0 saturated carbocycles. The van der Waals surface area contributed by atoms with Crippen LogP contribution in [-0.2, 0) is 0 Å². The standard InChI is InChI=1S/C34H32Cl2N4O2/c1-41-23-9-13-29-27(19-23)33(25-11-7-21(35)17-31(25)38-29)40(16-6-4-3-5-15-37)34-26-12-8-22(36)18-32(26)39-30-14-10-24(42-2)20-28(30)34/h7-14,17-20H,3-6,15-16,37H2,1-2H3. The molecule has 214 valence electrons. The lowest BCUT2D eigenvalue weighted by Gasteiger charge is -2.30. The van der Waals surface area contributed by atoms with E-state index in [1.165, 1.54) is 0 Å². The van der Waals surface area contributed by atoms with Gasteiger partial charge in [-0.3, -0.25) is 0 Å². The summed E-state index contributed by atoms with van der Waals surface area (Å²) in [6.45, 7) is 1.46. The number of pyridine rings is 2. The average Bonchev–Trinajstić information content (AvgIpc) is 3.00. The van der Waals surface area contributed by atoms with Crippen molar-refractivity contribution in [3.8, 4) is 11.5 Å². The molecule has 2 N–H and O–H groups in total. The van der Waals surface area contributed by atoms with Crippen LogP contribution < -0.4 is 20.1 Å². The highest BCUT2D eigenvalue weighted by Gasteiger charge is 2.23. The van der Waals surface area contributed by atoms with Crippen molar-refractivity contribution in [3.63, 3.8) is 0 Å². The zero-order valence-corrected chi connectivity index (χ0v) is 25.2. The molecule has 0 spiro atoms. The van der Waals surface area contributed by atoms with Crippen LogP contribution >= 0.6 is 23.2 Å². The number of ether oxygens (including phenoxy) is 2. The minimum absolute atomic E-state index is 0.640. The van der Waals surface area contributed by atoms with E-state index < -0.39 is 0 Å². The molecule has 42 heavy (non-hydrogen) atoms. The topological polar surface area (TPSA) is 73.5 Å². The molecule has 6 aromatic rings. The Balaban J connectivity index is 1.72. The predicted molar refractivity (Wildman–Crippen MR) is 176 cm³/mol. The van der Waals surface area contributed by atoms with Crippen molar-refractivity contribution >= 4 is 78.2 Å². The summed E-state index contributed by atoms with van der Waals surface area (Å²) in [5.41, 5.74) is 11.3. The molecular formula is C34H32Cl2N4O2. The average molecular weight is 600 g/mol. The summed E-state index contributed by atoms with van der Waals surface area (Å²) in [6.07, 6.45) is 4.10. The zero-order chi connectivity index (χ0) is 29.2. The Labute approximate surface area is 255 Å². The Morgan fingerprint density at radius 1 is 0.595 bits per heavy atom. The fourth-order valence-corrected chi connectivity index (χ4v) is 6.02. The third kappa shape index (κ3) is 5.38. The van der Waals surface area contributed by atoms with Crippen molar-refractivity contribution in [1.82, 2.24) is 9.97 Å². The molecule has 0 aliphatic rings. The van der Waals surface area contributed by atoms with Crippen LogP contribution in [0.3, 0.4) is 0 Å². The van der Waals surface area contributed by atoms with E-state index in [0.29, 0.717) is 16.6 Å². The van der Waals surface area contributed by atoms with Crippen LogP contribution in [0.1, 0.15) is 25.7 Å². The Bertz CT molecular complexity index is 1800. The largest absolute Gasteiger partial charge is 0.497 e. The molecule has 2 heterocycles. The third-order valence-electron chi connectivity index (χ3n) is 7.70. The first-order chi connectivity index (χ1) is 20.5. The highest BCUT2D eigenvalue weighted by atomic mass is 35.5. The molecule has 0 saturated heterocycles. The van der Waals surface area contributed by atoms with E-state index in [-0.39, 0.29) is 0 Å². The van der Waals surface area contributed by atoms with Gasteiger partial charge in [0.2, 0.25) is 0 Å². The normalized spacial score (nSPS) is 11.5. The van der Waals surface area contributed by atoms with Gasteiger partial charge >= 0.3 is 0 Å². The number of fused-ring (bicyclic) bond motifs is 4. The van der Waals surface area contributed by atoms with Gasteiger partial charge in [-0.05, 0) is 92.2 Å². The SMILES string of the molecule is COc1ccc2nc3cc(Cl)ccc3c(N(CCCCCCN)c3c4ccc(Cl)cc4nc4ccc(OC)cc34)c2c1. The maximum atomic E-state index is 6.48. The molecule has 0 radical (unpaired) electrons. The molecule has 0 unspecified atom stereocenters. The van der Waals surface area contributed by atoms with E-state index in [2.05, 4.69) is 29.2 Å². The Hall–Kier alpha value is -3.84. The van der Waals surface area contributed by atoms with Crippen molar-refractivity contribution in [2.45, 2.75) is 25.7 Å². The van der Waals surface area contributed by atoms with Crippen LogP contribution in [0.4, 0.5) is 11.4 Å². The maximum absolute atomic E-state index is 6.48. The van der Waals surface area contributed by atoms with Crippen LogP contribution in [0.15, 0.2) is 72.8 Å². The second-order valence-corrected chi connectivity index (χ2v) is 11.2. The van der Waals surface area contributed by atoms with Gasteiger partial charge in [-0.1, -0.05) is 36.0 Å². The number of aromatic nitrogens is 2. The van der Waals surface area contributed by atoms with Gasteiger partial charge in [0, 0.05) is 38.1 Å². The highest BCUT2D eigenvalue weighted by Crippen LogP contribution is 2.45. The van der Waals surface area contributed by atoms with Crippen molar-refractivity contribution < 1.29 is 9.47 Å². The maximum Gasteiger partial charge on any atom is 0.119 e. The number of nitrogens with two attached hydrogens (primary N) is 1. The van der Waals surface area contributed by atoms with Crippen LogP contribution in [0.25, 0.3) is 43.6 Å². The Morgan fingerprint density at radius 2 is 1.10 bits per heavy atom. The summed E-state index contributed by atoms with van der Waals surface area (Å²) >= 11 is 13.0. The summed E-state index contributed by atoms with van der Waals surface area (Å²) in [6, 6.07) is 23.8. The van der Waals surface area contributed by atoms with E-state index in [0.717, 1.165) is 98.7 Å². The van der Waals surface area contributed by atoms with Gasteiger partial charge in [-0.15, -0.1) is 0 Å². The number of halogens is 2. The summed E-state index contributed by atoms with van der Waals surface area (Å²) < 4.78 is 11.4. The van der Waals surface area contributed by atoms with Crippen LogP contribution in [-0.4, -0.2) is 37.3 Å². The van der Waals surface area contributed by atoms with Crippen LogP contribution in [0.2, 0.25) is 10.0 Å². The monoisotopic (exact) mass is 598 g/mol. The number of anilines is 2. The second-order valence-electron chi connectivity index (χ2n) is 10.4. The van der Waals surface area contributed by atoms with Crippen LogP contribution in [0.5, 0.6) is 11.5 Å². The quantitative estimate of drug-likeness (QED) is 0.125. The number of hydrogen-bond donors (Lipinski definition) is 1.